The van der Waals surface area contributed by atoms with E-state index in [0.29, 0.717) is 10.0 Å². The smallest absolute Gasteiger partial charge is 0.375 e. The molecule has 0 aliphatic heterocycles. The summed E-state index contributed by atoms with van der Waals surface area (Å²) in [4.78, 5) is 13.4. The molecule has 0 atom stereocenters. The van der Waals surface area contributed by atoms with Crippen LogP contribution in [-0.4, -0.2) is 31.6 Å². The van der Waals surface area contributed by atoms with E-state index in [9.17, 15) is 4.79 Å². The molecule has 0 unspecified atom stereocenters. The van der Waals surface area contributed by atoms with Gasteiger partial charge in [0.05, 0.1) is 16.7 Å². The molecule has 4 nitrogen and oxygen atoms in total. The van der Waals surface area contributed by atoms with Crippen LogP contribution in [0.2, 0.25) is 10.0 Å². The molecule has 19 heavy (non-hydrogen) atoms. The molecule has 6 heteroatoms. The lowest BCUT2D eigenvalue weighted by molar-refractivity contribution is -0.141. The second kappa shape index (κ2) is 7.26. The van der Waals surface area contributed by atoms with Crippen LogP contribution in [0.4, 0.5) is 0 Å². The SMILES string of the molecule is CCOC(=O)/C(=C\N(C)C)Oc1c(Cl)cccc1Cl. The van der Waals surface area contributed by atoms with Crippen molar-refractivity contribution in [1.82, 2.24) is 4.90 Å². The molecule has 0 aliphatic carbocycles. The second-order valence-corrected chi connectivity index (χ2v) is 4.64. The molecule has 0 aliphatic rings. The Hall–Kier alpha value is -1.39. The van der Waals surface area contributed by atoms with Crippen molar-refractivity contribution in [2.45, 2.75) is 6.92 Å². The number of hydrogen-bond donors (Lipinski definition) is 0. The third-order valence-electron chi connectivity index (χ3n) is 1.98. The van der Waals surface area contributed by atoms with Crippen LogP contribution in [0.25, 0.3) is 0 Å². The molecule has 104 valence electrons. The Morgan fingerprint density at radius 1 is 1.32 bits per heavy atom. The largest absolute Gasteiger partial charge is 0.460 e. The first kappa shape index (κ1) is 15.7. The maximum atomic E-state index is 11.8. The minimum atomic E-state index is -0.577. The number of carbonyl (C=O) groups is 1. The van der Waals surface area contributed by atoms with E-state index in [1.807, 2.05) is 0 Å². The highest BCUT2D eigenvalue weighted by Crippen LogP contribution is 2.33. The van der Waals surface area contributed by atoms with E-state index in [4.69, 9.17) is 32.7 Å². The molecule has 0 heterocycles. The van der Waals surface area contributed by atoms with Crippen LogP contribution in [0.3, 0.4) is 0 Å². The van der Waals surface area contributed by atoms with Crippen LogP contribution in [0, 0.1) is 0 Å². The second-order valence-electron chi connectivity index (χ2n) is 3.83. The van der Waals surface area contributed by atoms with Crippen molar-refractivity contribution in [2.75, 3.05) is 20.7 Å². The Balaban J connectivity index is 3.05. The van der Waals surface area contributed by atoms with Gasteiger partial charge in [-0.15, -0.1) is 0 Å². The number of hydrogen-bond acceptors (Lipinski definition) is 4. The van der Waals surface area contributed by atoms with Gasteiger partial charge in [-0.05, 0) is 19.1 Å². The molecular formula is C13H15Cl2NO3. The number of carbonyl (C=O) groups excluding carboxylic acids is 1. The fourth-order valence-electron chi connectivity index (χ4n) is 1.25. The van der Waals surface area contributed by atoms with Crippen LogP contribution in [0.1, 0.15) is 6.92 Å². The van der Waals surface area contributed by atoms with E-state index in [1.165, 1.54) is 6.20 Å². The van der Waals surface area contributed by atoms with Crippen molar-refractivity contribution in [2.24, 2.45) is 0 Å². The number of benzene rings is 1. The van der Waals surface area contributed by atoms with Crippen LogP contribution >= 0.6 is 23.2 Å². The highest BCUT2D eigenvalue weighted by atomic mass is 35.5. The molecule has 0 saturated heterocycles. The van der Waals surface area contributed by atoms with Gasteiger partial charge in [-0.2, -0.15) is 0 Å². The van der Waals surface area contributed by atoms with Crippen LogP contribution in [0.5, 0.6) is 5.75 Å². The summed E-state index contributed by atoms with van der Waals surface area (Å²) in [6.07, 6.45) is 1.50. The summed E-state index contributed by atoms with van der Waals surface area (Å²) < 4.78 is 10.4. The number of rotatable bonds is 5. The topological polar surface area (TPSA) is 38.8 Å². The third kappa shape index (κ3) is 4.65. The maximum absolute atomic E-state index is 11.8. The summed E-state index contributed by atoms with van der Waals surface area (Å²) in [5.74, 6) is -0.332. The van der Waals surface area contributed by atoms with Crippen molar-refractivity contribution >= 4 is 29.2 Å². The van der Waals surface area contributed by atoms with Crippen molar-refractivity contribution in [3.8, 4) is 5.75 Å². The molecule has 0 amide bonds. The lowest BCUT2D eigenvalue weighted by atomic mass is 10.3. The summed E-state index contributed by atoms with van der Waals surface area (Å²) >= 11 is 12.0. The van der Waals surface area contributed by atoms with Crippen LogP contribution in [-0.2, 0) is 9.53 Å². The molecule has 0 saturated carbocycles. The van der Waals surface area contributed by atoms with Gasteiger partial charge in [-0.25, -0.2) is 4.79 Å². The van der Waals surface area contributed by atoms with E-state index < -0.39 is 5.97 Å². The third-order valence-corrected chi connectivity index (χ3v) is 2.58. The first-order valence-electron chi connectivity index (χ1n) is 5.63. The van der Waals surface area contributed by atoms with Gasteiger partial charge in [-0.1, -0.05) is 29.3 Å². The molecule has 0 spiro atoms. The zero-order valence-electron chi connectivity index (χ0n) is 10.9. The Morgan fingerprint density at radius 2 is 1.89 bits per heavy atom. The van der Waals surface area contributed by atoms with Crippen LogP contribution in [0.15, 0.2) is 30.2 Å². The predicted octanol–water partition coefficient (Wildman–Crippen LogP) is 3.34. The Bertz CT molecular complexity index is 467. The molecule has 1 rings (SSSR count). The van der Waals surface area contributed by atoms with E-state index in [1.54, 1.807) is 44.1 Å². The average Bonchev–Trinajstić information content (AvgIpc) is 2.32. The summed E-state index contributed by atoms with van der Waals surface area (Å²) in [5.41, 5.74) is 0. The van der Waals surface area contributed by atoms with E-state index in [2.05, 4.69) is 0 Å². The van der Waals surface area contributed by atoms with E-state index >= 15 is 0 Å². The molecule has 1 aromatic carbocycles. The molecule has 0 N–H and O–H groups in total. The summed E-state index contributed by atoms with van der Waals surface area (Å²) in [6.45, 7) is 1.97. The average molecular weight is 304 g/mol. The maximum Gasteiger partial charge on any atom is 0.375 e. The minimum absolute atomic E-state index is 0.0156. The van der Waals surface area contributed by atoms with Crippen molar-refractivity contribution in [1.29, 1.82) is 0 Å². The monoisotopic (exact) mass is 303 g/mol. The first-order chi connectivity index (χ1) is 8.95. The standard InChI is InChI=1S/C13H15Cl2NO3/c1-4-18-13(17)11(8-16(2)3)19-12-9(14)6-5-7-10(12)15/h5-8H,4H2,1-3H3/b11-8+. The predicted molar refractivity (Wildman–Crippen MR) is 75.5 cm³/mol. The molecule has 1 aromatic rings. The number of halogens is 2. The Labute approximate surface area is 122 Å². The molecular weight excluding hydrogens is 289 g/mol. The zero-order valence-corrected chi connectivity index (χ0v) is 12.5. The number of ether oxygens (including phenoxy) is 2. The van der Waals surface area contributed by atoms with Gasteiger partial charge in [0.25, 0.3) is 0 Å². The summed E-state index contributed by atoms with van der Waals surface area (Å²) in [6, 6.07) is 4.94. The van der Waals surface area contributed by atoms with E-state index in [0.717, 1.165) is 0 Å². The van der Waals surface area contributed by atoms with Crippen molar-refractivity contribution in [3.05, 3.63) is 40.2 Å². The highest BCUT2D eigenvalue weighted by molar-refractivity contribution is 6.37. The van der Waals surface area contributed by atoms with Gasteiger partial charge in [0, 0.05) is 20.3 Å². The van der Waals surface area contributed by atoms with Gasteiger partial charge in [-0.3, -0.25) is 0 Å². The number of para-hydroxylation sites is 1. The molecule has 0 bridgehead atoms. The van der Waals surface area contributed by atoms with Gasteiger partial charge >= 0.3 is 5.97 Å². The van der Waals surface area contributed by atoms with E-state index in [-0.39, 0.29) is 18.1 Å². The van der Waals surface area contributed by atoms with Gasteiger partial charge < -0.3 is 14.4 Å². The quantitative estimate of drug-likeness (QED) is 0.475. The molecule has 0 aromatic heterocycles. The van der Waals surface area contributed by atoms with Crippen LogP contribution < -0.4 is 4.74 Å². The Morgan fingerprint density at radius 3 is 2.37 bits per heavy atom. The zero-order chi connectivity index (χ0) is 14.4. The lowest BCUT2D eigenvalue weighted by Gasteiger charge is -2.14. The van der Waals surface area contributed by atoms with Gasteiger partial charge in [0.1, 0.15) is 0 Å². The molecule has 0 radical (unpaired) electrons. The van der Waals surface area contributed by atoms with Crippen molar-refractivity contribution in [3.63, 3.8) is 0 Å². The minimum Gasteiger partial charge on any atom is -0.460 e. The van der Waals surface area contributed by atoms with Crippen molar-refractivity contribution < 1.29 is 14.3 Å². The number of nitrogens with zero attached hydrogens (tertiary/aromatic N) is 1. The fourth-order valence-corrected chi connectivity index (χ4v) is 1.72. The van der Waals surface area contributed by atoms with Gasteiger partial charge in [0.2, 0.25) is 5.76 Å². The summed E-state index contributed by atoms with van der Waals surface area (Å²) in [5, 5.41) is 0.642. The number of esters is 1. The highest BCUT2D eigenvalue weighted by Gasteiger charge is 2.17. The first-order valence-corrected chi connectivity index (χ1v) is 6.38. The van der Waals surface area contributed by atoms with Gasteiger partial charge in [0.15, 0.2) is 5.75 Å². The lowest BCUT2D eigenvalue weighted by Crippen LogP contribution is -2.16. The Kier molecular flexibility index (Phi) is 5.99. The normalized spacial score (nSPS) is 11.1. The molecule has 0 fully saturated rings. The fraction of sp³-hybridized carbons (Fsp3) is 0.308. The summed E-state index contributed by atoms with van der Waals surface area (Å²) in [7, 11) is 3.52.